The highest BCUT2D eigenvalue weighted by molar-refractivity contribution is 7.11. The Labute approximate surface area is 148 Å². The fourth-order valence-electron chi connectivity index (χ4n) is 3.24. The molecule has 1 unspecified atom stereocenters. The van der Waals surface area contributed by atoms with Crippen molar-refractivity contribution in [3.05, 3.63) is 15.6 Å². The number of hydrogen-bond donors (Lipinski definition) is 2. The van der Waals surface area contributed by atoms with Gasteiger partial charge in [-0.15, -0.1) is 11.3 Å². The van der Waals surface area contributed by atoms with Crippen molar-refractivity contribution < 1.29 is 4.79 Å². The van der Waals surface area contributed by atoms with Crippen molar-refractivity contribution in [2.24, 2.45) is 16.6 Å². The van der Waals surface area contributed by atoms with Gasteiger partial charge in [0, 0.05) is 44.4 Å². The Bertz CT molecular complexity index is 584. The normalized spacial score (nSPS) is 18.7. The van der Waals surface area contributed by atoms with E-state index in [-0.39, 0.29) is 5.91 Å². The zero-order valence-electron chi connectivity index (χ0n) is 15.0. The smallest absolute Gasteiger partial charge is 0.217 e. The predicted molar refractivity (Wildman–Crippen MR) is 99.4 cm³/mol. The summed E-state index contributed by atoms with van der Waals surface area (Å²) in [6.07, 6.45) is 4.50. The number of carbonyl (C=O) groups excluding carboxylic acids is 1. The first-order valence-electron chi connectivity index (χ1n) is 8.72. The van der Waals surface area contributed by atoms with Crippen molar-refractivity contribution in [3.8, 4) is 0 Å². The minimum absolute atomic E-state index is 0.212. The van der Waals surface area contributed by atoms with Gasteiger partial charge < -0.3 is 16.0 Å². The molecule has 1 saturated heterocycles. The number of nitrogens with one attached hydrogen (secondary N) is 1. The molecule has 1 aromatic rings. The average molecular weight is 352 g/mol. The molecule has 1 aliphatic rings. The molecule has 24 heavy (non-hydrogen) atoms. The summed E-state index contributed by atoms with van der Waals surface area (Å²) in [5, 5.41) is 4.61. The van der Waals surface area contributed by atoms with Crippen LogP contribution in [0, 0.1) is 12.8 Å². The summed E-state index contributed by atoms with van der Waals surface area (Å²) >= 11 is 1.79. The largest absolute Gasteiger partial charge is 0.370 e. The van der Waals surface area contributed by atoms with Gasteiger partial charge in [-0.3, -0.25) is 9.79 Å². The lowest BCUT2D eigenvalue weighted by Gasteiger charge is -2.34. The topological polar surface area (TPSA) is 83.6 Å². The van der Waals surface area contributed by atoms with Crippen molar-refractivity contribution >= 4 is 23.2 Å². The summed E-state index contributed by atoms with van der Waals surface area (Å²) in [5.74, 6) is 1.03. The molecule has 2 rings (SSSR count). The number of primary amides is 1. The van der Waals surface area contributed by atoms with E-state index in [1.165, 1.54) is 15.6 Å². The van der Waals surface area contributed by atoms with E-state index >= 15 is 0 Å². The third kappa shape index (κ3) is 5.19. The summed E-state index contributed by atoms with van der Waals surface area (Å²) in [4.78, 5) is 23.8. The number of nitrogens with zero attached hydrogens (tertiary/aromatic N) is 3. The average Bonchev–Trinajstić information content (AvgIpc) is 2.91. The zero-order valence-corrected chi connectivity index (χ0v) is 15.8. The SMILES string of the molecule is CCc1nc(CCNC(=NC)N2CCCC(CC(N)=O)C2)sc1C. The van der Waals surface area contributed by atoms with Gasteiger partial charge in [0.05, 0.1) is 10.7 Å². The van der Waals surface area contributed by atoms with Crippen LogP contribution in [-0.2, 0) is 17.6 Å². The highest BCUT2D eigenvalue weighted by Gasteiger charge is 2.23. The molecule has 0 radical (unpaired) electrons. The lowest BCUT2D eigenvalue weighted by Crippen LogP contribution is -2.47. The molecular formula is C17H29N5OS. The van der Waals surface area contributed by atoms with Crippen molar-refractivity contribution in [3.63, 3.8) is 0 Å². The van der Waals surface area contributed by atoms with Gasteiger partial charge in [-0.2, -0.15) is 0 Å². The van der Waals surface area contributed by atoms with Crippen molar-refractivity contribution in [1.82, 2.24) is 15.2 Å². The number of nitrogens with two attached hydrogens (primary N) is 1. The Hall–Kier alpha value is -1.63. The van der Waals surface area contributed by atoms with Crippen LogP contribution in [-0.4, -0.2) is 48.4 Å². The highest BCUT2D eigenvalue weighted by Crippen LogP contribution is 2.20. The number of aliphatic imine (C=N–C) groups is 1. The van der Waals surface area contributed by atoms with Gasteiger partial charge in [0.1, 0.15) is 0 Å². The summed E-state index contributed by atoms with van der Waals surface area (Å²) < 4.78 is 0. The molecule has 1 fully saturated rings. The Balaban J connectivity index is 1.84. The van der Waals surface area contributed by atoms with Crippen molar-refractivity contribution in [2.45, 2.75) is 46.0 Å². The molecule has 0 spiro atoms. The van der Waals surface area contributed by atoms with E-state index in [2.05, 4.69) is 34.0 Å². The van der Waals surface area contributed by atoms with Gasteiger partial charge in [-0.25, -0.2) is 4.98 Å². The van der Waals surface area contributed by atoms with E-state index in [0.717, 1.165) is 51.3 Å². The Morgan fingerprint density at radius 2 is 2.33 bits per heavy atom. The molecule has 0 aromatic carbocycles. The summed E-state index contributed by atoms with van der Waals surface area (Å²) in [5.41, 5.74) is 6.55. The Morgan fingerprint density at radius 3 is 2.96 bits per heavy atom. The molecule has 7 heteroatoms. The molecule has 1 aliphatic heterocycles. The van der Waals surface area contributed by atoms with Crippen LogP contribution < -0.4 is 11.1 Å². The molecule has 0 bridgehead atoms. The van der Waals surface area contributed by atoms with E-state index < -0.39 is 0 Å². The lowest BCUT2D eigenvalue weighted by molar-refractivity contribution is -0.119. The maximum Gasteiger partial charge on any atom is 0.217 e. The predicted octanol–water partition coefficient (Wildman–Crippen LogP) is 1.72. The van der Waals surface area contributed by atoms with Gasteiger partial charge >= 0.3 is 0 Å². The van der Waals surface area contributed by atoms with Gasteiger partial charge in [-0.1, -0.05) is 6.92 Å². The molecule has 0 saturated carbocycles. The van der Waals surface area contributed by atoms with E-state index in [0.29, 0.717) is 12.3 Å². The molecule has 0 aliphatic carbocycles. The molecule has 134 valence electrons. The zero-order chi connectivity index (χ0) is 17.5. The van der Waals surface area contributed by atoms with Gasteiger partial charge in [-0.05, 0) is 32.1 Å². The first kappa shape index (κ1) is 18.7. The van der Waals surface area contributed by atoms with Crippen LogP contribution in [0.3, 0.4) is 0 Å². The molecule has 6 nitrogen and oxygen atoms in total. The minimum atomic E-state index is -0.212. The number of guanidine groups is 1. The maximum atomic E-state index is 11.1. The number of rotatable bonds is 6. The third-order valence-electron chi connectivity index (χ3n) is 4.41. The van der Waals surface area contributed by atoms with E-state index in [1.54, 1.807) is 11.3 Å². The lowest BCUT2D eigenvalue weighted by atomic mass is 9.95. The van der Waals surface area contributed by atoms with Gasteiger partial charge in [0.25, 0.3) is 0 Å². The minimum Gasteiger partial charge on any atom is -0.370 e. The van der Waals surface area contributed by atoms with Crippen molar-refractivity contribution in [1.29, 1.82) is 0 Å². The number of carbonyl (C=O) groups is 1. The monoisotopic (exact) mass is 351 g/mol. The number of hydrogen-bond acceptors (Lipinski definition) is 4. The quantitative estimate of drug-likeness (QED) is 0.604. The summed E-state index contributed by atoms with van der Waals surface area (Å²) in [6.45, 7) is 6.92. The number of likely N-dealkylation sites (tertiary alicyclic amines) is 1. The fraction of sp³-hybridized carbons (Fsp3) is 0.706. The summed E-state index contributed by atoms with van der Waals surface area (Å²) in [7, 11) is 1.81. The first-order valence-corrected chi connectivity index (χ1v) is 9.54. The van der Waals surface area contributed by atoms with Crippen LogP contribution in [0.1, 0.15) is 41.8 Å². The Morgan fingerprint density at radius 1 is 1.54 bits per heavy atom. The maximum absolute atomic E-state index is 11.1. The number of aryl methyl sites for hydroxylation is 2. The van der Waals surface area contributed by atoms with Crippen LogP contribution in [0.4, 0.5) is 0 Å². The second-order valence-electron chi connectivity index (χ2n) is 6.31. The molecule has 3 N–H and O–H groups in total. The third-order valence-corrected chi connectivity index (χ3v) is 5.49. The summed E-state index contributed by atoms with van der Waals surface area (Å²) in [6, 6.07) is 0. The Kier molecular flexibility index (Phi) is 7.02. The van der Waals surface area contributed by atoms with E-state index in [9.17, 15) is 4.79 Å². The van der Waals surface area contributed by atoms with Crippen LogP contribution >= 0.6 is 11.3 Å². The number of aromatic nitrogens is 1. The molecule has 1 atom stereocenters. The van der Waals surface area contributed by atoms with Crippen LogP contribution in [0.5, 0.6) is 0 Å². The molecule has 1 aromatic heterocycles. The molecular weight excluding hydrogens is 322 g/mol. The highest BCUT2D eigenvalue weighted by atomic mass is 32.1. The first-order chi connectivity index (χ1) is 11.5. The standard InChI is InChI=1S/C17H29N5OS/c1-4-14-12(2)24-16(21-14)7-8-20-17(19-3)22-9-5-6-13(11-22)10-15(18)23/h13H,4-11H2,1-3H3,(H2,18,23)(H,19,20). The number of amides is 1. The van der Waals surface area contributed by atoms with Crippen LogP contribution in [0.15, 0.2) is 4.99 Å². The van der Waals surface area contributed by atoms with Crippen LogP contribution in [0.25, 0.3) is 0 Å². The van der Waals surface area contributed by atoms with Crippen LogP contribution in [0.2, 0.25) is 0 Å². The van der Waals surface area contributed by atoms with Gasteiger partial charge in [0.2, 0.25) is 5.91 Å². The second kappa shape index (κ2) is 9.01. The van der Waals surface area contributed by atoms with Crippen molar-refractivity contribution in [2.75, 3.05) is 26.7 Å². The fourth-order valence-corrected chi connectivity index (χ4v) is 4.27. The second-order valence-corrected chi connectivity index (χ2v) is 7.60. The number of piperidine rings is 1. The molecule has 2 heterocycles. The van der Waals surface area contributed by atoms with Gasteiger partial charge in [0.15, 0.2) is 5.96 Å². The van der Waals surface area contributed by atoms with E-state index in [1.807, 2.05) is 7.05 Å². The molecule has 1 amide bonds. The number of thiazole rings is 1. The van der Waals surface area contributed by atoms with E-state index in [4.69, 9.17) is 5.73 Å².